The first-order valence-electron chi connectivity index (χ1n) is 10.6. The summed E-state index contributed by atoms with van der Waals surface area (Å²) in [5.74, 6) is 0.143. The lowest BCUT2D eigenvalue weighted by Gasteiger charge is -2.50. The Hall–Kier alpha value is -2.58. The summed E-state index contributed by atoms with van der Waals surface area (Å²) in [5.41, 5.74) is 8.23. The third-order valence-corrected chi connectivity index (χ3v) is 6.27. The van der Waals surface area contributed by atoms with Crippen LogP contribution in [0.25, 0.3) is 21.6 Å². The van der Waals surface area contributed by atoms with E-state index in [4.69, 9.17) is 10.3 Å². The van der Waals surface area contributed by atoms with Crippen LogP contribution < -0.4 is 5.32 Å². The number of aliphatic hydroxyl groups excluding tert-OH is 3. The van der Waals surface area contributed by atoms with E-state index >= 15 is 0 Å². The Morgan fingerprint density at radius 3 is 2.48 bits per heavy atom. The van der Waals surface area contributed by atoms with Crippen molar-refractivity contribution in [2.75, 3.05) is 11.9 Å². The van der Waals surface area contributed by atoms with E-state index in [0.717, 1.165) is 5.06 Å². The fourth-order valence-corrected chi connectivity index (χ4v) is 4.95. The van der Waals surface area contributed by atoms with Gasteiger partial charge in [-0.3, -0.25) is 4.57 Å². The molecule has 2 saturated heterocycles. The predicted molar refractivity (Wildman–Crippen MR) is 114 cm³/mol. The highest BCUT2D eigenvalue weighted by Crippen LogP contribution is 2.39. The molecule has 4 rings (SSSR count). The van der Waals surface area contributed by atoms with Gasteiger partial charge in [0.2, 0.25) is 5.95 Å². The van der Waals surface area contributed by atoms with Crippen molar-refractivity contribution in [3.05, 3.63) is 16.8 Å². The zero-order valence-electron chi connectivity index (χ0n) is 18.8. The molecule has 4 heterocycles. The molecule has 2 fully saturated rings. The summed E-state index contributed by atoms with van der Waals surface area (Å²) in [4.78, 5) is 15.7. The number of hydrogen-bond donors (Lipinski definition) is 4. The van der Waals surface area contributed by atoms with E-state index in [1.807, 2.05) is 27.7 Å². The smallest absolute Gasteiger partial charge is 0.220 e. The first kappa shape index (κ1) is 23.6. The van der Waals surface area contributed by atoms with E-state index in [2.05, 4.69) is 30.3 Å². The minimum Gasteiger partial charge on any atom is -0.394 e. The summed E-state index contributed by atoms with van der Waals surface area (Å²) in [6, 6.07) is -0.128. The van der Waals surface area contributed by atoms with Gasteiger partial charge in [-0.1, -0.05) is 0 Å². The number of piperidine rings is 1. The van der Waals surface area contributed by atoms with Crippen LogP contribution in [-0.2, 0) is 9.94 Å². The molecule has 4 N–H and O–H groups in total. The van der Waals surface area contributed by atoms with Gasteiger partial charge in [-0.2, -0.15) is 0 Å². The van der Waals surface area contributed by atoms with E-state index < -0.39 is 42.2 Å². The zero-order chi connectivity index (χ0) is 24.1. The highest BCUT2D eigenvalue weighted by atomic mass is 16.6. The number of imidazole rings is 1. The van der Waals surface area contributed by atoms with Crippen LogP contribution in [-0.4, -0.2) is 81.9 Å². The summed E-state index contributed by atoms with van der Waals surface area (Å²) in [7, 11) is 0. The van der Waals surface area contributed by atoms with E-state index in [9.17, 15) is 20.5 Å². The lowest BCUT2D eigenvalue weighted by Crippen LogP contribution is -2.60. The average molecular weight is 462 g/mol. The average Bonchev–Trinajstić information content (AvgIpc) is 3.27. The molecule has 0 unspecified atom stereocenters. The molecule has 33 heavy (non-hydrogen) atoms. The van der Waals surface area contributed by atoms with Crippen LogP contribution in [0.4, 0.5) is 11.8 Å². The van der Waals surface area contributed by atoms with Crippen LogP contribution >= 0.6 is 0 Å². The predicted octanol–water partition coefficient (Wildman–Crippen LogP) is 1.16. The second-order valence-corrected chi connectivity index (χ2v) is 9.78. The minimum absolute atomic E-state index is 0.128. The molecule has 0 aromatic carbocycles. The molecular weight excluding hydrogens is 434 g/mol. The molecule has 179 valence electrons. The Morgan fingerprint density at radius 2 is 1.91 bits per heavy atom. The van der Waals surface area contributed by atoms with Crippen LogP contribution in [0.1, 0.15) is 46.8 Å². The van der Waals surface area contributed by atoms with E-state index in [1.165, 1.54) is 10.9 Å². The Bertz CT molecular complexity index is 1070. The van der Waals surface area contributed by atoms with Gasteiger partial charge in [-0.15, -0.1) is 10.3 Å². The Balaban J connectivity index is 1.73. The van der Waals surface area contributed by atoms with Crippen molar-refractivity contribution in [2.45, 2.75) is 82.2 Å². The van der Waals surface area contributed by atoms with Gasteiger partial charge in [-0.25, -0.2) is 15.0 Å². The molecule has 0 aliphatic carbocycles. The Labute approximate surface area is 189 Å². The maximum atomic E-state index is 12.7. The lowest BCUT2D eigenvalue weighted by atomic mass is 9.79. The Morgan fingerprint density at radius 1 is 1.24 bits per heavy atom. The molecule has 2 aromatic rings. The molecule has 0 amide bonds. The number of ether oxygens (including phenoxy) is 1. The van der Waals surface area contributed by atoms with Crippen molar-refractivity contribution in [2.24, 2.45) is 5.11 Å². The van der Waals surface area contributed by atoms with Gasteiger partial charge in [0.15, 0.2) is 23.2 Å². The molecule has 14 heteroatoms. The normalized spacial score (nSPS) is 29.8. The molecule has 2 aliphatic rings. The van der Waals surface area contributed by atoms with Crippen molar-refractivity contribution in [1.29, 1.82) is 0 Å². The number of anilines is 1. The second-order valence-electron chi connectivity index (χ2n) is 9.78. The number of hydroxylamine groups is 2. The van der Waals surface area contributed by atoms with Gasteiger partial charge in [0.1, 0.15) is 18.3 Å². The Kier molecular flexibility index (Phi) is 5.95. The fourth-order valence-electron chi connectivity index (χ4n) is 4.95. The molecule has 2 aromatic heterocycles. The van der Waals surface area contributed by atoms with Crippen LogP contribution in [0.5, 0.6) is 0 Å². The third-order valence-electron chi connectivity index (χ3n) is 6.27. The number of azide groups is 1. The molecule has 4 atom stereocenters. The lowest BCUT2D eigenvalue weighted by molar-refractivity contribution is -0.288. The van der Waals surface area contributed by atoms with E-state index in [-0.39, 0.29) is 17.6 Å². The van der Waals surface area contributed by atoms with Gasteiger partial charge < -0.3 is 25.4 Å². The molecular formula is C19H28N9O5. The number of aliphatic hydroxyl groups is 3. The summed E-state index contributed by atoms with van der Waals surface area (Å²) < 4.78 is 6.99. The summed E-state index contributed by atoms with van der Waals surface area (Å²) in [5, 5.41) is 50.6. The number of aromatic nitrogens is 4. The maximum absolute atomic E-state index is 12.7. The van der Waals surface area contributed by atoms with Crippen molar-refractivity contribution >= 4 is 22.9 Å². The largest absolute Gasteiger partial charge is 0.394 e. The van der Waals surface area contributed by atoms with Crippen molar-refractivity contribution in [1.82, 2.24) is 24.6 Å². The molecule has 0 saturated carbocycles. The summed E-state index contributed by atoms with van der Waals surface area (Å²) >= 11 is 0. The topological polar surface area (TPSA) is 197 Å². The van der Waals surface area contributed by atoms with Crippen LogP contribution in [0.3, 0.4) is 0 Å². The van der Waals surface area contributed by atoms with Gasteiger partial charge in [0.05, 0.1) is 12.9 Å². The zero-order valence-corrected chi connectivity index (χ0v) is 18.8. The monoisotopic (exact) mass is 462 g/mol. The van der Waals surface area contributed by atoms with Gasteiger partial charge >= 0.3 is 0 Å². The molecule has 0 spiro atoms. The highest BCUT2D eigenvalue weighted by molar-refractivity contribution is 5.84. The number of fused-ring (bicyclic) bond motifs is 1. The fraction of sp³-hybridized carbons (Fsp3) is 0.737. The first-order valence-corrected chi connectivity index (χ1v) is 10.6. The number of rotatable bonds is 5. The third kappa shape index (κ3) is 4.10. The van der Waals surface area contributed by atoms with Crippen LogP contribution in [0.15, 0.2) is 11.4 Å². The maximum Gasteiger partial charge on any atom is 0.220 e. The van der Waals surface area contributed by atoms with Gasteiger partial charge in [0, 0.05) is 22.0 Å². The number of nitrogens with zero attached hydrogens (tertiary/aromatic N) is 8. The summed E-state index contributed by atoms with van der Waals surface area (Å²) in [6.45, 7) is 7.05. The number of hydrogen-bond acceptors (Lipinski definition) is 10. The van der Waals surface area contributed by atoms with Crippen molar-refractivity contribution in [3.8, 4) is 0 Å². The van der Waals surface area contributed by atoms with Crippen LogP contribution in [0.2, 0.25) is 0 Å². The van der Waals surface area contributed by atoms with E-state index in [1.54, 1.807) is 0 Å². The van der Waals surface area contributed by atoms with Gasteiger partial charge in [-0.05, 0) is 51.2 Å². The molecule has 1 radical (unpaired) electrons. The standard InChI is InChI=1S/C19H28N9O5/c1-18(2)5-9(6-19(3,4)28(18)32)22-14-11-15(24-17(23-14)25-26-20)27(8-21-11)16-13(31)12(30)10(7-29)33-16/h8-10,12-13,16,29-31H,5-7H2,1-4H3,(H,22,23,24)/t10-,12-,13-,16-/m1/s1. The molecule has 2 aliphatic heterocycles. The molecule has 14 nitrogen and oxygen atoms in total. The van der Waals surface area contributed by atoms with E-state index in [0.29, 0.717) is 24.2 Å². The van der Waals surface area contributed by atoms with Crippen LogP contribution in [0, 0.1) is 0 Å². The second kappa shape index (κ2) is 8.33. The highest BCUT2D eigenvalue weighted by Gasteiger charge is 2.47. The van der Waals surface area contributed by atoms with Crippen molar-refractivity contribution in [3.63, 3.8) is 0 Å². The van der Waals surface area contributed by atoms with Crippen molar-refractivity contribution < 1.29 is 25.3 Å². The quantitative estimate of drug-likeness (QED) is 0.286. The van der Waals surface area contributed by atoms with Gasteiger partial charge in [0.25, 0.3) is 0 Å². The first-order chi connectivity index (χ1) is 15.5. The summed E-state index contributed by atoms with van der Waals surface area (Å²) in [6.07, 6.45) is -2.22. The number of nitrogens with one attached hydrogen (secondary N) is 1. The minimum atomic E-state index is -1.34. The molecule has 0 bridgehead atoms. The SMILES string of the molecule is CC1(C)CC(Nc2nc(N=[N+]=[N-])nc3c2ncn3[C@@H]2O[C@H](CO)[C@@H](O)[C@H]2O)CC(C)(C)N1[O].